The van der Waals surface area contributed by atoms with E-state index in [0.717, 1.165) is 6.42 Å². The van der Waals surface area contributed by atoms with Crippen molar-refractivity contribution in [3.63, 3.8) is 0 Å². The quantitative estimate of drug-likeness (QED) is 0.213. The summed E-state index contributed by atoms with van der Waals surface area (Å²) in [6.07, 6.45) is 9.03. The third-order valence-corrected chi connectivity index (χ3v) is 9.48. The van der Waals surface area contributed by atoms with Gasteiger partial charge in [0.05, 0.1) is 27.2 Å². The predicted molar refractivity (Wildman–Crippen MR) is 128 cm³/mol. The summed E-state index contributed by atoms with van der Waals surface area (Å²) in [5.74, 6) is 13.0. The van der Waals surface area contributed by atoms with Gasteiger partial charge in [0.25, 0.3) is 0 Å². The number of fused-ring (bicyclic) bond motifs is 5. The van der Waals surface area contributed by atoms with E-state index in [1.165, 1.54) is 76.5 Å². The minimum Gasteiger partial charge on any atom is -0.123 e. The number of thiophene rings is 4. The molecule has 0 fully saturated rings. The predicted octanol–water partition coefficient (Wildman–Crippen LogP) is 8.87. The van der Waals surface area contributed by atoms with Gasteiger partial charge in [-0.1, -0.05) is 56.8 Å². The van der Waals surface area contributed by atoms with Crippen molar-refractivity contribution in [3.05, 3.63) is 21.9 Å². The molecule has 4 heteroatoms. The molecular formula is C23H22S4. The van der Waals surface area contributed by atoms with Gasteiger partial charge in [0.15, 0.2) is 0 Å². The Bertz CT molecular complexity index is 1190. The van der Waals surface area contributed by atoms with Crippen LogP contribution in [0.3, 0.4) is 0 Å². The smallest absolute Gasteiger partial charge is 0.0899 e. The number of hydrogen-bond acceptors (Lipinski definition) is 4. The van der Waals surface area contributed by atoms with E-state index in [9.17, 15) is 0 Å². The molecule has 4 rings (SSSR count). The minimum atomic E-state index is 1.03. The van der Waals surface area contributed by atoms with Gasteiger partial charge in [-0.15, -0.1) is 51.3 Å². The van der Waals surface area contributed by atoms with Crippen LogP contribution in [0.2, 0.25) is 0 Å². The van der Waals surface area contributed by atoms with Gasteiger partial charge < -0.3 is 0 Å². The Balaban J connectivity index is 1.47. The molecule has 0 spiro atoms. The van der Waals surface area contributed by atoms with Crippen molar-refractivity contribution in [2.24, 2.45) is 0 Å². The molecule has 0 radical (unpaired) electrons. The molecule has 0 saturated heterocycles. The molecule has 4 aromatic rings. The van der Waals surface area contributed by atoms with Crippen molar-refractivity contribution in [3.8, 4) is 23.7 Å². The van der Waals surface area contributed by atoms with E-state index in [2.05, 4.69) is 42.7 Å². The number of unbranched alkanes of at least 4 members (excludes halogenated alkanes) is 6. The van der Waals surface area contributed by atoms with Crippen molar-refractivity contribution in [2.75, 3.05) is 0 Å². The van der Waals surface area contributed by atoms with Crippen LogP contribution >= 0.6 is 45.3 Å². The lowest BCUT2D eigenvalue weighted by atomic mass is 10.1. The van der Waals surface area contributed by atoms with Gasteiger partial charge in [0.1, 0.15) is 0 Å². The van der Waals surface area contributed by atoms with Crippen molar-refractivity contribution in [1.82, 2.24) is 0 Å². The highest BCUT2D eigenvalue weighted by atomic mass is 32.2. The fourth-order valence-electron chi connectivity index (χ4n) is 3.24. The molecule has 0 aliphatic heterocycles. The van der Waals surface area contributed by atoms with Crippen LogP contribution in [-0.4, -0.2) is 0 Å². The fourth-order valence-corrected chi connectivity index (χ4v) is 8.55. The monoisotopic (exact) mass is 426 g/mol. The zero-order chi connectivity index (χ0) is 18.6. The van der Waals surface area contributed by atoms with E-state index < -0.39 is 0 Å². The maximum Gasteiger partial charge on any atom is 0.0899 e. The topological polar surface area (TPSA) is 0 Å². The van der Waals surface area contributed by atoms with E-state index >= 15 is 0 Å². The first-order chi connectivity index (χ1) is 13.3. The standard InChI is InChI=1S/C23H22S4/c1-3-5-6-7-8-9-10-11-13-17-15-19-21-20(27-23(19)25-17)18-14-16(12-4-2)24-22(18)26-21/h14-15H,3,5-10H2,1-2H3. The van der Waals surface area contributed by atoms with E-state index in [1.807, 2.05) is 52.3 Å². The molecule has 0 aliphatic carbocycles. The molecule has 0 bridgehead atoms. The van der Waals surface area contributed by atoms with Gasteiger partial charge in [0.2, 0.25) is 0 Å². The van der Waals surface area contributed by atoms with E-state index in [1.54, 1.807) is 0 Å². The Morgan fingerprint density at radius 3 is 1.96 bits per heavy atom. The first-order valence-electron chi connectivity index (χ1n) is 9.60. The Morgan fingerprint density at radius 1 is 0.741 bits per heavy atom. The molecule has 138 valence electrons. The third-order valence-electron chi connectivity index (χ3n) is 4.60. The second-order valence-corrected chi connectivity index (χ2v) is 11.3. The molecule has 4 aromatic heterocycles. The van der Waals surface area contributed by atoms with Gasteiger partial charge >= 0.3 is 0 Å². The summed E-state index contributed by atoms with van der Waals surface area (Å²) in [6.45, 7) is 4.17. The summed E-state index contributed by atoms with van der Waals surface area (Å²) in [4.78, 5) is 2.40. The summed E-state index contributed by atoms with van der Waals surface area (Å²) < 4.78 is 5.69. The zero-order valence-corrected chi connectivity index (χ0v) is 19.0. The molecular weight excluding hydrogens is 405 g/mol. The maximum absolute atomic E-state index is 3.40. The summed E-state index contributed by atoms with van der Waals surface area (Å²) in [6, 6.07) is 4.57. The zero-order valence-electron chi connectivity index (χ0n) is 15.7. The fraction of sp³-hybridized carbons (Fsp3) is 0.391. The Morgan fingerprint density at radius 2 is 1.33 bits per heavy atom. The molecule has 0 amide bonds. The van der Waals surface area contributed by atoms with E-state index in [0.29, 0.717) is 0 Å². The highest BCUT2D eigenvalue weighted by molar-refractivity contribution is 7.49. The van der Waals surface area contributed by atoms with Crippen molar-refractivity contribution < 1.29 is 0 Å². The average molecular weight is 427 g/mol. The molecule has 0 N–H and O–H groups in total. The van der Waals surface area contributed by atoms with Crippen LogP contribution in [0.4, 0.5) is 0 Å². The lowest BCUT2D eigenvalue weighted by Crippen LogP contribution is -1.77. The van der Waals surface area contributed by atoms with Crippen molar-refractivity contribution in [1.29, 1.82) is 0 Å². The van der Waals surface area contributed by atoms with Crippen LogP contribution in [0.1, 0.15) is 68.5 Å². The average Bonchev–Trinajstić information content (AvgIpc) is 3.36. The Kier molecular flexibility index (Phi) is 6.21. The molecule has 0 aromatic carbocycles. The SMILES string of the molecule is CC#Cc1cc2c(s1)sc1c3cc(C#CCCCCCCCC)sc3sc21. The maximum atomic E-state index is 3.40. The Labute approximate surface area is 177 Å². The van der Waals surface area contributed by atoms with Gasteiger partial charge in [-0.05, 0) is 25.5 Å². The van der Waals surface area contributed by atoms with Gasteiger partial charge in [-0.3, -0.25) is 0 Å². The van der Waals surface area contributed by atoms with Crippen LogP contribution in [-0.2, 0) is 0 Å². The minimum absolute atomic E-state index is 1.03. The van der Waals surface area contributed by atoms with E-state index in [-0.39, 0.29) is 0 Å². The second kappa shape index (κ2) is 8.80. The van der Waals surface area contributed by atoms with Crippen LogP contribution < -0.4 is 0 Å². The first kappa shape index (κ1) is 19.0. The molecule has 4 heterocycles. The van der Waals surface area contributed by atoms with Crippen LogP contribution in [0, 0.1) is 23.7 Å². The molecule has 0 atom stereocenters. The summed E-state index contributed by atoms with van der Waals surface area (Å²) in [7, 11) is 0. The largest absolute Gasteiger partial charge is 0.123 e. The van der Waals surface area contributed by atoms with E-state index in [4.69, 9.17) is 0 Å². The summed E-state index contributed by atoms with van der Waals surface area (Å²) in [5.41, 5.74) is 0. The summed E-state index contributed by atoms with van der Waals surface area (Å²) in [5, 5.41) is 2.79. The highest BCUT2D eigenvalue weighted by Crippen LogP contribution is 2.49. The van der Waals surface area contributed by atoms with Gasteiger partial charge in [-0.2, -0.15) is 0 Å². The Hall–Kier alpha value is -1.30. The van der Waals surface area contributed by atoms with Crippen molar-refractivity contribution in [2.45, 2.75) is 58.8 Å². The highest BCUT2D eigenvalue weighted by Gasteiger charge is 2.16. The molecule has 0 unspecified atom stereocenters. The van der Waals surface area contributed by atoms with Crippen LogP contribution in [0.15, 0.2) is 12.1 Å². The van der Waals surface area contributed by atoms with Crippen LogP contribution in [0.25, 0.3) is 28.2 Å². The number of hydrogen-bond donors (Lipinski definition) is 0. The number of rotatable bonds is 6. The van der Waals surface area contributed by atoms with Gasteiger partial charge in [-0.25, -0.2) is 0 Å². The first-order valence-corrected chi connectivity index (χ1v) is 12.9. The summed E-state index contributed by atoms with van der Waals surface area (Å²) >= 11 is 7.52. The lowest BCUT2D eigenvalue weighted by Gasteiger charge is -1.96. The molecule has 0 aliphatic rings. The second-order valence-electron chi connectivity index (χ2n) is 6.68. The normalized spacial score (nSPS) is 11.0. The molecule has 27 heavy (non-hydrogen) atoms. The lowest BCUT2D eigenvalue weighted by molar-refractivity contribution is 0.614. The van der Waals surface area contributed by atoms with Crippen molar-refractivity contribution >= 4 is 73.5 Å². The third kappa shape index (κ3) is 4.10. The van der Waals surface area contributed by atoms with Crippen LogP contribution in [0.5, 0.6) is 0 Å². The molecule has 0 nitrogen and oxygen atoms in total. The molecule has 0 saturated carbocycles. The van der Waals surface area contributed by atoms with Gasteiger partial charge in [0, 0.05) is 17.2 Å².